The van der Waals surface area contributed by atoms with E-state index in [0.717, 1.165) is 19.3 Å². The molecule has 0 atom stereocenters. The lowest BCUT2D eigenvalue weighted by Gasteiger charge is -2.12. The largest absolute Gasteiger partial charge is 0.493 e. The Hall–Kier alpha value is -1.71. The minimum atomic E-state index is -1.01. The second-order valence-corrected chi connectivity index (χ2v) is 3.70. The van der Waals surface area contributed by atoms with Crippen molar-refractivity contribution in [2.24, 2.45) is 0 Å². The molecule has 94 valence electrons. The number of unbranched alkanes of at least 4 members (excludes halogenated alkanes) is 2. The summed E-state index contributed by atoms with van der Waals surface area (Å²) in [5.41, 5.74) is 0.140. The lowest BCUT2D eigenvalue weighted by molar-refractivity contribution is 0.0691. The highest BCUT2D eigenvalue weighted by Gasteiger charge is 2.15. The predicted molar refractivity (Wildman–Crippen MR) is 65.0 cm³/mol. The number of rotatable bonds is 7. The molecule has 0 spiro atoms. The van der Waals surface area contributed by atoms with E-state index in [1.165, 1.54) is 13.2 Å². The number of carboxylic acids is 1. The van der Waals surface area contributed by atoms with Crippen LogP contribution in [0, 0.1) is 0 Å². The normalized spacial score (nSPS) is 10.0. The molecule has 0 unspecified atom stereocenters. The molecule has 1 rings (SSSR count). The molecule has 0 amide bonds. The van der Waals surface area contributed by atoms with Crippen LogP contribution in [0.4, 0.5) is 0 Å². The summed E-state index contributed by atoms with van der Waals surface area (Å²) < 4.78 is 10.6. The van der Waals surface area contributed by atoms with Crippen LogP contribution in [0.15, 0.2) is 18.2 Å². The van der Waals surface area contributed by atoms with Crippen LogP contribution in [0.1, 0.15) is 36.5 Å². The molecule has 1 aromatic carbocycles. The van der Waals surface area contributed by atoms with Gasteiger partial charge in [-0.3, -0.25) is 0 Å². The maximum Gasteiger partial charge on any atom is 0.339 e. The molecule has 0 bridgehead atoms. The van der Waals surface area contributed by atoms with E-state index in [4.69, 9.17) is 14.6 Å². The first-order valence-electron chi connectivity index (χ1n) is 5.73. The fraction of sp³-hybridized carbons (Fsp3) is 0.462. The summed E-state index contributed by atoms with van der Waals surface area (Å²) in [5.74, 6) is -0.227. The fourth-order valence-electron chi connectivity index (χ4n) is 1.52. The van der Waals surface area contributed by atoms with E-state index in [0.29, 0.717) is 18.1 Å². The molecule has 4 nitrogen and oxygen atoms in total. The van der Waals surface area contributed by atoms with Gasteiger partial charge in [0.25, 0.3) is 0 Å². The van der Waals surface area contributed by atoms with E-state index in [1.807, 2.05) is 0 Å². The van der Waals surface area contributed by atoms with E-state index in [-0.39, 0.29) is 5.56 Å². The summed E-state index contributed by atoms with van der Waals surface area (Å²) in [6.45, 7) is 2.61. The average Bonchev–Trinajstić information content (AvgIpc) is 2.34. The van der Waals surface area contributed by atoms with E-state index in [2.05, 4.69) is 6.92 Å². The van der Waals surface area contributed by atoms with Gasteiger partial charge < -0.3 is 14.6 Å². The Morgan fingerprint density at radius 2 is 2.12 bits per heavy atom. The summed E-state index contributed by atoms with van der Waals surface area (Å²) in [7, 11) is 1.50. The molecule has 0 radical (unpaired) electrons. The van der Waals surface area contributed by atoms with Crippen molar-refractivity contribution in [3.05, 3.63) is 23.8 Å². The van der Waals surface area contributed by atoms with E-state index < -0.39 is 5.97 Å². The number of carboxylic acid groups (broad SMARTS) is 1. The Morgan fingerprint density at radius 1 is 1.35 bits per heavy atom. The van der Waals surface area contributed by atoms with E-state index in [9.17, 15) is 4.79 Å². The second kappa shape index (κ2) is 6.78. The third-order valence-electron chi connectivity index (χ3n) is 2.42. The van der Waals surface area contributed by atoms with Gasteiger partial charge in [0.15, 0.2) is 11.5 Å². The van der Waals surface area contributed by atoms with Crippen LogP contribution in [0.3, 0.4) is 0 Å². The summed E-state index contributed by atoms with van der Waals surface area (Å²) >= 11 is 0. The van der Waals surface area contributed by atoms with Gasteiger partial charge in [-0.25, -0.2) is 4.79 Å². The third kappa shape index (κ3) is 3.66. The predicted octanol–water partition coefficient (Wildman–Crippen LogP) is 2.96. The minimum absolute atomic E-state index is 0.140. The van der Waals surface area contributed by atoms with Crippen molar-refractivity contribution < 1.29 is 19.4 Å². The molecule has 1 N–H and O–H groups in total. The molecule has 0 aliphatic heterocycles. The first-order chi connectivity index (χ1) is 8.20. The van der Waals surface area contributed by atoms with Crippen molar-refractivity contribution in [2.75, 3.05) is 13.7 Å². The zero-order valence-electron chi connectivity index (χ0n) is 10.2. The van der Waals surface area contributed by atoms with Gasteiger partial charge in [-0.05, 0) is 18.6 Å². The second-order valence-electron chi connectivity index (χ2n) is 3.70. The Labute approximate surface area is 101 Å². The molecule has 1 aromatic rings. The van der Waals surface area contributed by atoms with Crippen LogP contribution in [0.25, 0.3) is 0 Å². The lowest BCUT2D eigenvalue weighted by atomic mass is 10.2. The summed E-state index contributed by atoms with van der Waals surface area (Å²) in [6.07, 6.45) is 3.08. The van der Waals surface area contributed by atoms with Gasteiger partial charge in [-0.1, -0.05) is 25.8 Å². The Bertz CT molecular complexity index is 374. The molecule has 4 heteroatoms. The highest BCUT2D eigenvalue weighted by atomic mass is 16.5. The number of ether oxygens (including phenoxy) is 2. The number of aromatic carboxylic acids is 1. The van der Waals surface area contributed by atoms with E-state index in [1.54, 1.807) is 12.1 Å². The van der Waals surface area contributed by atoms with Crippen molar-refractivity contribution in [1.29, 1.82) is 0 Å². The van der Waals surface area contributed by atoms with Gasteiger partial charge in [0, 0.05) is 0 Å². The zero-order valence-corrected chi connectivity index (χ0v) is 10.2. The number of hydrogen-bond donors (Lipinski definition) is 1. The van der Waals surface area contributed by atoms with E-state index >= 15 is 0 Å². The van der Waals surface area contributed by atoms with Gasteiger partial charge in [0.05, 0.1) is 13.7 Å². The van der Waals surface area contributed by atoms with Gasteiger partial charge >= 0.3 is 5.97 Å². The van der Waals surface area contributed by atoms with Gasteiger partial charge in [-0.2, -0.15) is 0 Å². The molecule has 0 aliphatic rings. The molecular formula is C13H18O4. The third-order valence-corrected chi connectivity index (χ3v) is 2.42. The standard InChI is InChI=1S/C13H18O4/c1-3-4-5-9-17-12-10(13(14)15)7-6-8-11(12)16-2/h6-8H,3-5,9H2,1-2H3,(H,14,15). The lowest BCUT2D eigenvalue weighted by Crippen LogP contribution is -2.06. The summed E-state index contributed by atoms with van der Waals surface area (Å²) in [4.78, 5) is 11.0. The molecule has 17 heavy (non-hydrogen) atoms. The number of para-hydroxylation sites is 1. The molecule has 0 aromatic heterocycles. The monoisotopic (exact) mass is 238 g/mol. The van der Waals surface area contributed by atoms with Crippen LogP contribution in [0.2, 0.25) is 0 Å². The van der Waals surface area contributed by atoms with Crippen LogP contribution in [-0.4, -0.2) is 24.8 Å². The molecule has 0 fully saturated rings. The van der Waals surface area contributed by atoms with Crippen LogP contribution in [0.5, 0.6) is 11.5 Å². The number of methoxy groups -OCH3 is 1. The van der Waals surface area contributed by atoms with Crippen molar-refractivity contribution >= 4 is 5.97 Å². The Kier molecular flexibility index (Phi) is 5.33. The maximum absolute atomic E-state index is 11.0. The SMILES string of the molecule is CCCCCOc1c(OC)cccc1C(=O)O. The number of benzene rings is 1. The first kappa shape index (κ1) is 13.4. The maximum atomic E-state index is 11.0. The Morgan fingerprint density at radius 3 is 2.71 bits per heavy atom. The molecule has 0 saturated heterocycles. The van der Waals surface area contributed by atoms with Crippen LogP contribution >= 0.6 is 0 Å². The smallest absolute Gasteiger partial charge is 0.339 e. The molecule has 0 aliphatic carbocycles. The Balaban J connectivity index is 2.82. The first-order valence-corrected chi connectivity index (χ1v) is 5.73. The van der Waals surface area contributed by atoms with Crippen molar-refractivity contribution in [3.63, 3.8) is 0 Å². The fourth-order valence-corrected chi connectivity index (χ4v) is 1.52. The quantitative estimate of drug-likeness (QED) is 0.742. The van der Waals surface area contributed by atoms with Crippen molar-refractivity contribution in [3.8, 4) is 11.5 Å². The molecular weight excluding hydrogens is 220 g/mol. The zero-order chi connectivity index (χ0) is 12.7. The van der Waals surface area contributed by atoms with Gasteiger partial charge in [0.1, 0.15) is 5.56 Å². The summed E-state index contributed by atoms with van der Waals surface area (Å²) in [6, 6.07) is 4.85. The molecule has 0 heterocycles. The minimum Gasteiger partial charge on any atom is -0.493 e. The highest BCUT2D eigenvalue weighted by Crippen LogP contribution is 2.31. The average molecular weight is 238 g/mol. The van der Waals surface area contributed by atoms with Crippen molar-refractivity contribution in [1.82, 2.24) is 0 Å². The highest BCUT2D eigenvalue weighted by molar-refractivity contribution is 5.92. The van der Waals surface area contributed by atoms with Crippen LogP contribution in [-0.2, 0) is 0 Å². The van der Waals surface area contributed by atoms with Crippen molar-refractivity contribution in [2.45, 2.75) is 26.2 Å². The number of hydrogen-bond acceptors (Lipinski definition) is 3. The van der Waals surface area contributed by atoms with Gasteiger partial charge in [0.2, 0.25) is 0 Å². The van der Waals surface area contributed by atoms with Crippen LogP contribution < -0.4 is 9.47 Å². The topological polar surface area (TPSA) is 55.8 Å². The summed E-state index contributed by atoms with van der Waals surface area (Å²) in [5, 5.41) is 9.05. The number of carbonyl (C=O) groups is 1. The van der Waals surface area contributed by atoms with Gasteiger partial charge in [-0.15, -0.1) is 0 Å². The molecule has 0 saturated carbocycles.